The average Bonchev–Trinajstić information content (AvgIpc) is 3.50. The molecule has 2 aromatic carbocycles. The maximum Gasteiger partial charge on any atom is 0.315 e. The first kappa shape index (κ1) is 18.2. The first-order chi connectivity index (χ1) is 12.7. The number of carbonyl (C=O) groups excluding carboxylic acids is 1. The average molecular weight is 356 g/mol. The summed E-state index contributed by atoms with van der Waals surface area (Å²) < 4.78 is 18.3. The lowest BCUT2D eigenvalue weighted by Gasteiger charge is -2.19. The van der Waals surface area contributed by atoms with Gasteiger partial charge >= 0.3 is 6.03 Å². The Morgan fingerprint density at radius 3 is 2.50 bits per heavy atom. The lowest BCUT2D eigenvalue weighted by molar-refractivity contribution is 0.234. The summed E-state index contributed by atoms with van der Waals surface area (Å²) in [6.45, 7) is 1.15. The lowest BCUT2D eigenvalue weighted by atomic mass is 10.0. The zero-order valence-electron chi connectivity index (χ0n) is 14.8. The second kappa shape index (κ2) is 9.22. The molecule has 2 N–H and O–H groups in total. The lowest BCUT2D eigenvalue weighted by Crippen LogP contribution is -2.39. The van der Waals surface area contributed by atoms with Gasteiger partial charge < -0.3 is 15.4 Å². The van der Waals surface area contributed by atoms with Gasteiger partial charge in [-0.2, -0.15) is 0 Å². The molecule has 1 atom stereocenters. The maximum atomic E-state index is 12.8. The van der Waals surface area contributed by atoms with E-state index in [4.69, 9.17) is 4.74 Å². The third-order valence-corrected chi connectivity index (χ3v) is 4.48. The zero-order valence-corrected chi connectivity index (χ0v) is 14.8. The summed E-state index contributed by atoms with van der Waals surface area (Å²) in [5.74, 6) is 0.937. The number of rotatable bonds is 9. The normalized spacial score (nSPS) is 14.5. The van der Waals surface area contributed by atoms with Crippen LogP contribution in [0.25, 0.3) is 0 Å². The molecule has 1 fully saturated rings. The maximum absolute atomic E-state index is 12.8. The minimum atomic E-state index is -0.271. The highest BCUT2D eigenvalue weighted by atomic mass is 19.1. The summed E-state index contributed by atoms with van der Waals surface area (Å²) in [4.78, 5) is 12.2. The number of halogens is 1. The van der Waals surface area contributed by atoms with Crippen LogP contribution in [0.2, 0.25) is 0 Å². The minimum Gasteiger partial charge on any atom is -0.494 e. The van der Waals surface area contributed by atoms with Crippen LogP contribution in [0.15, 0.2) is 54.6 Å². The fraction of sp³-hybridized carbons (Fsp3) is 0.381. The molecule has 0 radical (unpaired) electrons. The zero-order chi connectivity index (χ0) is 18.2. The van der Waals surface area contributed by atoms with E-state index >= 15 is 0 Å². The number of nitrogens with one attached hydrogen (secondary N) is 2. The third-order valence-electron chi connectivity index (χ3n) is 4.48. The summed E-state index contributed by atoms with van der Waals surface area (Å²) in [6.07, 6.45) is 3.98. The molecule has 0 aromatic heterocycles. The molecular weight excluding hydrogens is 331 g/mol. The fourth-order valence-electron chi connectivity index (χ4n) is 2.91. The number of carbonyl (C=O) groups is 1. The summed E-state index contributed by atoms with van der Waals surface area (Å²) in [6, 6.07) is 16.1. The van der Waals surface area contributed by atoms with Gasteiger partial charge in [-0.25, -0.2) is 9.18 Å². The highest BCUT2D eigenvalue weighted by molar-refractivity contribution is 5.74. The predicted octanol–water partition coefficient (Wildman–Crippen LogP) is 4.44. The van der Waals surface area contributed by atoms with E-state index in [1.165, 1.54) is 25.0 Å². The number of unbranched alkanes of at least 4 members (excludes halogenated alkanes) is 1. The molecule has 5 heteroatoms. The molecule has 0 saturated heterocycles. The summed E-state index contributed by atoms with van der Waals surface area (Å²) in [5.41, 5.74) is 1.16. The van der Waals surface area contributed by atoms with Crippen LogP contribution in [0.1, 0.15) is 37.3 Å². The Morgan fingerprint density at radius 1 is 1.08 bits per heavy atom. The van der Waals surface area contributed by atoms with Crippen LogP contribution >= 0.6 is 0 Å². The van der Waals surface area contributed by atoms with E-state index in [0.29, 0.717) is 24.8 Å². The quantitative estimate of drug-likeness (QED) is 0.653. The number of amides is 2. The molecule has 4 nitrogen and oxygen atoms in total. The van der Waals surface area contributed by atoms with Crippen LogP contribution in [-0.4, -0.2) is 19.2 Å². The Balaban J connectivity index is 1.32. The Bertz CT molecular complexity index is 687. The number of hydrogen-bond donors (Lipinski definition) is 2. The topological polar surface area (TPSA) is 50.4 Å². The monoisotopic (exact) mass is 356 g/mol. The molecule has 0 bridgehead atoms. The Kier molecular flexibility index (Phi) is 6.47. The molecule has 2 aromatic rings. The van der Waals surface area contributed by atoms with Gasteiger partial charge in [0.1, 0.15) is 11.6 Å². The van der Waals surface area contributed by atoms with Gasteiger partial charge in [-0.1, -0.05) is 30.3 Å². The van der Waals surface area contributed by atoms with Crippen LogP contribution in [0.5, 0.6) is 5.75 Å². The van der Waals surface area contributed by atoms with Crippen molar-refractivity contribution < 1.29 is 13.9 Å². The fourth-order valence-corrected chi connectivity index (χ4v) is 2.91. The molecule has 3 rings (SSSR count). The van der Waals surface area contributed by atoms with E-state index in [2.05, 4.69) is 22.8 Å². The summed E-state index contributed by atoms with van der Waals surface area (Å²) in [5, 5.41) is 6.02. The van der Waals surface area contributed by atoms with Crippen molar-refractivity contribution >= 4 is 6.03 Å². The Labute approximate surface area is 153 Å². The molecular formula is C21H25FN2O2. The Morgan fingerprint density at radius 2 is 1.81 bits per heavy atom. The van der Waals surface area contributed by atoms with Gasteiger partial charge in [-0.05, 0) is 61.4 Å². The first-order valence-electron chi connectivity index (χ1n) is 9.20. The van der Waals surface area contributed by atoms with E-state index in [0.717, 1.165) is 18.4 Å². The standard InChI is InChI=1S/C21H25FN2O2/c22-18-10-12-19(13-11-18)26-15-5-4-14-23-21(25)24-20(17-8-9-17)16-6-2-1-3-7-16/h1-3,6-7,10-13,17,20H,4-5,8-9,14-15H2,(H2,23,24,25). The second-order valence-corrected chi connectivity index (χ2v) is 6.64. The van der Waals surface area contributed by atoms with Crippen molar-refractivity contribution in [1.29, 1.82) is 0 Å². The molecule has 1 aliphatic rings. The SMILES string of the molecule is O=C(NCCCCOc1ccc(F)cc1)NC(c1ccccc1)C1CC1. The second-order valence-electron chi connectivity index (χ2n) is 6.64. The van der Waals surface area contributed by atoms with E-state index in [1.54, 1.807) is 12.1 Å². The molecule has 2 amide bonds. The molecule has 1 saturated carbocycles. The first-order valence-corrected chi connectivity index (χ1v) is 9.20. The highest BCUT2D eigenvalue weighted by Crippen LogP contribution is 2.40. The van der Waals surface area contributed by atoms with Crippen LogP contribution in [0.3, 0.4) is 0 Å². The summed E-state index contributed by atoms with van der Waals surface area (Å²) >= 11 is 0. The van der Waals surface area contributed by atoms with Gasteiger partial charge in [0, 0.05) is 6.54 Å². The van der Waals surface area contributed by atoms with Crippen molar-refractivity contribution in [2.75, 3.05) is 13.2 Å². The van der Waals surface area contributed by atoms with E-state index in [1.807, 2.05) is 18.2 Å². The van der Waals surface area contributed by atoms with Gasteiger partial charge in [0.15, 0.2) is 0 Å². The minimum absolute atomic E-state index is 0.0954. The van der Waals surface area contributed by atoms with Gasteiger partial charge in [0.05, 0.1) is 12.6 Å². The smallest absolute Gasteiger partial charge is 0.315 e. The van der Waals surface area contributed by atoms with E-state index in [-0.39, 0.29) is 17.9 Å². The van der Waals surface area contributed by atoms with Gasteiger partial charge in [0.2, 0.25) is 0 Å². The van der Waals surface area contributed by atoms with Crippen molar-refractivity contribution in [3.63, 3.8) is 0 Å². The molecule has 1 unspecified atom stereocenters. The van der Waals surface area contributed by atoms with E-state index in [9.17, 15) is 9.18 Å². The van der Waals surface area contributed by atoms with Crippen LogP contribution in [-0.2, 0) is 0 Å². The molecule has 0 heterocycles. The molecule has 0 spiro atoms. The van der Waals surface area contributed by atoms with Gasteiger partial charge in [0.25, 0.3) is 0 Å². The highest BCUT2D eigenvalue weighted by Gasteiger charge is 2.33. The predicted molar refractivity (Wildman–Crippen MR) is 99.6 cm³/mol. The van der Waals surface area contributed by atoms with Crippen molar-refractivity contribution in [3.05, 3.63) is 66.0 Å². The molecule has 138 valence electrons. The van der Waals surface area contributed by atoms with Crippen molar-refractivity contribution in [3.8, 4) is 5.75 Å². The van der Waals surface area contributed by atoms with E-state index < -0.39 is 0 Å². The largest absolute Gasteiger partial charge is 0.494 e. The van der Waals surface area contributed by atoms with Gasteiger partial charge in [-0.15, -0.1) is 0 Å². The number of ether oxygens (including phenoxy) is 1. The van der Waals surface area contributed by atoms with Crippen LogP contribution in [0.4, 0.5) is 9.18 Å². The van der Waals surface area contributed by atoms with Crippen LogP contribution in [0, 0.1) is 11.7 Å². The van der Waals surface area contributed by atoms with Gasteiger partial charge in [-0.3, -0.25) is 0 Å². The Hall–Kier alpha value is -2.56. The number of benzene rings is 2. The van der Waals surface area contributed by atoms with Crippen LogP contribution < -0.4 is 15.4 Å². The summed E-state index contributed by atoms with van der Waals surface area (Å²) in [7, 11) is 0. The molecule has 0 aliphatic heterocycles. The number of hydrogen-bond acceptors (Lipinski definition) is 2. The number of urea groups is 1. The van der Waals surface area contributed by atoms with Crippen molar-refractivity contribution in [2.24, 2.45) is 5.92 Å². The van der Waals surface area contributed by atoms with Crippen molar-refractivity contribution in [1.82, 2.24) is 10.6 Å². The molecule has 26 heavy (non-hydrogen) atoms. The van der Waals surface area contributed by atoms with Crippen molar-refractivity contribution in [2.45, 2.75) is 31.7 Å². The molecule has 1 aliphatic carbocycles. The third kappa shape index (κ3) is 5.76.